The number of benzene rings is 2. The molecule has 0 bridgehead atoms. The van der Waals surface area contributed by atoms with Crippen molar-refractivity contribution in [3.63, 3.8) is 0 Å². The Hall–Kier alpha value is -2.66. The van der Waals surface area contributed by atoms with E-state index in [0.29, 0.717) is 19.4 Å². The van der Waals surface area contributed by atoms with Gasteiger partial charge in [-0.15, -0.1) is 0 Å². The molecule has 0 unspecified atom stereocenters. The highest BCUT2D eigenvalue weighted by Gasteiger charge is 2.34. The van der Waals surface area contributed by atoms with Gasteiger partial charge >= 0.3 is 0 Å². The van der Waals surface area contributed by atoms with Crippen LogP contribution in [0.2, 0.25) is 0 Å². The third kappa shape index (κ3) is 4.41. The molecule has 4 rings (SSSR count). The minimum Gasteiger partial charge on any atom is -0.381 e. The number of amides is 1. The van der Waals surface area contributed by atoms with Crippen LogP contribution in [0.4, 0.5) is 0 Å². The molecule has 30 heavy (non-hydrogen) atoms. The van der Waals surface area contributed by atoms with E-state index < -0.39 is 0 Å². The van der Waals surface area contributed by atoms with Gasteiger partial charge in [0.2, 0.25) is 5.91 Å². The Kier molecular flexibility index (Phi) is 5.91. The number of ether oxygens (including phenoxy) is 1. The Balaban J connectivity index is 1.39. The number of aryl methyl sites for hydroxylation is 4. The number of imidazole rings is 1. The highest BCUT2D eigenvalue weighted by molar-refractivity contribution is 5.80. The van der Waals surface area contributed by atoms with Crippen molar-refractivity contribution < 1.29 is 9.53 Å². The third-order valence-corrected chi connectivity index (χ3v) is 6.30. The second-order valence-electron chi connectivity index (χ2n) is 8.70. The van der Waals surface area contributed by atoms with Crippen LogP contribution in [0.1, 0.15) is 47.3 Å². The number of carbonyl (C=O) groups excluding carboxylic acids is 1. The van der Waals surface area contributed by atoms with Crippen LogP contribution in [-0.2, 0) is 21.4 Å². The van der Waals surface area contributed by atoms with Crippen molar-refractivity contribution in [2.45, 2.75) is 51.9 Å². The molecule has 1 saturated heterocycles. The summed E-state index contributed by atoms with van der Waals surface area (Å²) in [5.41, 5.74) is 6.92. The molecule has 5 heteroatoms. The maximum atomic E-state index is 12.6. The van der Waals surface area contributed by atoms with Crippen molar-refractivity contribution in [1.29, 1.82) is 0 Å². The number of nitrogens with one attached hydrogen (secondary N) is 2. The number of hydrogen-bond donors (Lipinski definition) is 2. The van der Waals surface area contributed by atoms with Gasteiger partial charge in [0.1, 0.15) is 5.82 Å². The fraction of sp³-hybridized carbons (Fsp3) is 0.440. The number of fused-ring (bicyclic) bond motifs is 1. The molecule has 1 amide bonds. The van der Waals surface area contributed by atoms with E-state index in [0.717, 1.165) is 48.5 Å². The smallest absolute Gasteiger partial charge is 0.220 e. The Morgan fingerprint density at radius 1 is 1.10 bits per heavy atom. The standard InChI is InChI=1S/C25H31N3O2/c1-17-4-6-20(7-5-17)25(10-12-30-13-11-25)16-26-23(29)9-8-22-27-21-15-18(2)14-19(3)24(21)28-22/h4-7,14-15H,8-13,16H2,1-3H3,(H,26,29)(H,27,28). The topological polar surface area (TPSA) is 67.0 Å². The molecule has 0 aliphatic carbocycles. The van der Waals surface area contributed by atoms with E-state index in [1.165, 1.54) is 16.7 Å². The number of aromatic amines is 1. The van der Waals surface area contributed by atoms with Gasteiger partial charge in [0.15, 0.2) is 0 Å². The SMILES string of the molecule is Cc1ccc(C2(CNC(=O)CCc3nc4c(C)cc(C)cc4[nH]3)CCOCC2)cc1. The Morgan fingerprint density at radius 2 is 1.83 bits per heavy atom. The molecule has 5 nitrogen and oxygen atoms in total. The Bertz CT molecular complexity index is 1030. The molecule has 1 aromatic heterocycles. The van der Waals surface area contributed by atoms with Crippen LogP contribution in [0.25, 0.3) is 11.0 Å². The van der Waals surface area contributed by atoms with Gasteiger partial charge in [0.25, 0.3) is 0 Å². The number of rotatable bonds is 6. The summed E-state index contributed by atoms with van der Waals surface area (Å²) in [5.74, 6) is 0.939. The van der Waals surface area contributed by atoms with Crippen LogP contribution < -0.4 is 5.32 Å². The van der Waals surface area contributed by atoms with Crippen molar-refractivity contribution in [2.24, 2.45) is 0 Å². The fourth-order valence-corrected chi connectivity index (χ4v) is 4.47. The Labute approximate surface area is 178 Å². The van der Waals surface area contributed by atoms with Gasteiger partial charge in [-0.25, -0.2) is 4.98 Å². The van der Waals surface area contributed by atoms with Crippen molar-refractivity contribution in [1.82, 2.24) is 15.3 Å². The van der Waals surface area contributed by atoms with E-state index in [2.05, 4.69) is 67.5 Å². The van der Waals surface area contributed by atoms with Crippen molar-refractivity contribution in [3.05, 3.63) is 64.5 Å². The molecule has 2 N–H and O–H groups in total. The molecule has 0 spiro atoms. The van der Waals surface area contributed by atoms with Gasteiger partial charge in [-0.1, -0.05) is 35.9 Å². The van der Waals surface area contributed by atoms with E-state index in [-0.39, 0.29) is 11.3 Å². The first kappa shape index (κ1) is 20.6. The number of nitrogens with zero attached hydrogens (tertiary/aromatic N) is 1. The molecule has 0 atom stereocenters. The quantitative estimate of drug-likeness (QED) is 0.643. The van der Waals surface area contributed by atoms with Gasteiger partial charge < -0.3 is 15.0 Å². The van der Waals surface area contributed by atoms with E-state index in [4.69, 9.17) is 9.72 Å². The van der Waals surface area contributed by atoms with Gasteiger partial charge in [0, 0.05) is 38.0 Å². The normalized spacial score (nSPS) is 16.0. The van der Waals surface area contributed by atoms with Crippen LogP contribution in [0, 0.1) is 20.8 Å². The maximum Gasteiger partial charge on any atom is 0.220 e. The average molecular weight is 406 g/mol. The first-order valence-electron chi connectivity index (χ1n) is 10.8. The molecular weight excluding hydrogens is 374 g/mol. The lowest BCUT2D eigenvalue weighted by atomic mass is 9.74. The van der Waals surface area contributed by atoms with Crippen LogP contribution in [-0.4, -0.2) is 35.6 Å². The average Bonchev–Trinajstić information content (AvgIpc) is 3.15. The predicted molar refractivity (Wildman–Crippen MR) is 120 cm³/mol. The van der Waals surface area contributed by atoms with Crippen LogP contribution in [0.3, 0.4) is 0 Å². The van der Waals surface area contributed by atoms with Gasteiger partial charge in [-0.2, -0.15) is 0 Å². The van der Waals surface area contributed by atoms with E-state index in [1.54, 1.807) is 0 Å². The largest absolute Gasteiger partial charge is 0.381 e. The highest BCUT2D eigenvalue weighted by atomic mass is 16.5. The minimum atomic E-state index is -0.0460. The second kappa shape index (κ2) is 8.60. The van der Waals surface area contributed by atoms with Gasteiger partial charge in [-0.3, -0.25) is 4.79 Å². The summed E-state index contributed by atoms with van der Waals surface area (Å²) in [6.45, 7) is 8.38. The molecule has 158 valence electrons. The van der Waals surface area contributed by atoms with Crippen LogP contribution >= 0.6 is 0 Å². The van der Waals surface area contributed by atoms with Crippen LogP contribution in [0.5, 0.6) is 0 Å². The number of carbonyl (C=O) groups is 1. The zero-order valence-electron chi connectivity index (χ0n) is 18.2. The lowest BCUT2D eigenvalue weighted by molar-refractivity contribution is -0.121. The fourth-order valence-electron chi connectivity index (χ4n) is 4.47. The Morgan fingerprint density at radius 3 is 2.57 bits per heavy atom. The molecule has 2 heterocycles. The summed E-state index contributed by atoms with van der Waals surface area (Å²) in [6.07, 6.45) is 2.90. The molecule has 2 aromatic carbocycles. The molecule has 1 fully saturated rings. The number of hydrogen-bond acceptors (Lipinski definition) is 3. The lowest BCUT2D eigenvalue weighted by Gasteiger charge is -2.38. The lowest BCUT2D eigenvalue weighted by Crippen LogP contribution is -2.44. The molecular formula is C25H31N3O2. The summed E-state index contributed by atoms with van der Waals surface area (Å²) in [7, 11) is 0. The van der Waals surface area contributed by atoms with E-state index in [9.17, 15) is 4.79 Å². The monoisotopic (exact) mass is 405 g/mol. The van der Waals surface area contributed by atoms with Crippen molar-refractivity contribution in [2.75, 3.05) is 19.8 Å². The summed E-state index contributed by atoms with van der Waals surface area (Å²) in [6, 6.07) is 12.9. The molecule has 0 saturated carbocycles. The minimum absolute atomic E-state index is 0.0460. The highest BCUT2D eigenvalue weighted by Crippen LogP contribution is 2.34. The first-order valence-corrected chi connectivity index (χ1v) is 10.8. The summed E-state index contributed by atoms with van der Waals surface area (Å²) in [4.78, 5) is 20.7. The molecule has 1 aliphatic rings. The molecule has 3 aromatic rings. The molecule has 0 radical (unpaired) electrons. The van der Waals surface area contributed by atoms with Crippen LogP contribution in [0.15, 0.2) is 36.4 Å². The maximum absolute atomic E-state index is 12.6. The summed E-state index contributed by atoms with van der Waals surface area (Å²) < 4.78 is 5.60. The first-order chi connectivity index (χ1) is 14.4. The number of aromatic nitrogens is 2. The zero-order valence-corrected chi connectivity index (χ0v) is 18.2. The van der Waals surface area contributed by atoms with Crippen molar-refractivity contribution in [3.8, 4) is 0 Å². The third-order valence-electron chi connectivity index (χ3n) is 6.30. The predicted octanol–water partition coefficient (Wildman–Crippen LogP) is 4.29. The number of H-pyrrole nitrogens is 1. The second-order valence-corrected chi connectivity index (χ2v) is 8.70. The summed E-state index contributed by atoms with van der Waals surface area (Å²) >= 11 is 0. The van der Waals surface area contributed by atoms with Gasteiger partial charge in [-0.05, 0) is 56.4 Å². The molecule has 1 aliphatic heterocycles. The van der Waals surface area contributed by atoms with Crippen molar-refractivity contribution >= 4 is 16.9 Å². The zero-order chi connectivity index (χ0) is 21.1. The summed E-state index contributed by atoms with van der Waals surface area (Å²) in [5, 5.41) is 3.19. The van der Waals surface area contributed by atoms with E-state index >= 15 is 0 Å². The van der Waals surface area contributed by atoms with E-state index in [1.807, 2.05) is 0 Å². The van der Waals surface area contributed by atoms with Gasteiger partial charge in [0.05, 0.1) is 11.0 Å².